The SMILES string of the molecule is Cc1cc(-c2cccnc2)c(C(=O)O)c2nc(-c3cccnc3)nn12. The Morgan fingerprint density at radius 1 is 1.08 bits per heavy atom. The topological polar surface area (TPSA) is 93.3 Å². The minimum atomic E-state index is -1.06. The summed E-state index contributed by atoms with van der Waals surface area (Å²) in [5.74, 6) is -0.629. The molecule has 4 rings (SSSR count). The molecule has 0 unspecified atom stereocenters. The maximum atomic E-state index is 12.0. The highest BCUT2D eigenvalue weighted by molar-refractivity contribution is 6.02. The second-order valence-electron chi connectivity index (χ2n) is 5.53. The summed E-state index contributed by atoms with van der Waals surface area (Å²) in [6, 6.07) is 9.00. The minimum absolute atomic E-state index is 0.0984. The van der Waals surface area contributed by atoms with Crippen molar-refractivity contribution in [2.45, 2.75) is 6.92 Å². The van der Waals surface area contributed by atoms with Crippen molar-refractivity contribution in [1.29, 1.82) is 0 Å². The summed E-state index contributed by atoms with van der Waals surface area (Å²) < 4.78 is 1.55. The van der Waals surface area contributed by atoms with Crippen LogP contribution in [0.3, 0.4) is 0 Å². The Hall–Kier alpha value is -3.61. The molecule has 0 spiro atoms. The Balaban J connectivity index is 2.03. The summed E-state index contributed by atoms with van der Waals surface area (Å²) in [7, 11) is 0. The van der Waals surface area contributed by atoms with Crippen LogP contribution >= 0.6 is 0 Å². The van der Waals surface area contributed by atoms with Crippen LogP contribution in [-0.4, -0.2) is 35.6 Å². The lowest BCUT2D eigenvalue weighted by atomic mass is 10.0. The molecular formula is C18H13N5O2. The van der Waals surface area contributed by atoms with Gasteiger partial charge in [-0.25, -0.2) is 14.3 Å². The van der Waals surface area contributed by atoms with Gasteiger partial charge in [0.15, 0.2) is 11.5 Å². The molecule has 4 aromatic heterocycles. The van der Waals surface area contributed by atoms with Gasteiger partial charge in [0, 0.05) is 47.2 Å². The maximum Gasteiger partial charge on any atom is 0.340 e. The highest BCUT2D eigenvalue weighted by Crippen LogP contribution is 2.28. The number of aryl methyl sites for hydroxylation is 1. The third-order valence-electron chi connectivity index (χ3n) is 3.89. The van der Waals surface area contributed by atoms with E-state index >= 15 is 0 Å². The van der Waals surface area contributed by atoms with Crippen molar-refractivity contribution in [2.24, 2.45) is 0 Å². The van der Waals surface area contributed by atoms with Gasteiger partial charge in [-0.05, 0) is 31.2 Å². The van der Waals surface area contributed by atoms with Crippen LogP contribution < -0.4 is 0 Å². The molecule has 0 aliphatic carbocycles. The van der Waals surface area contributed by atoms with E-state index in [4.69, 9.17) is 0 Å². The predicted octanol–water partition coefficient (Wildman–Crippen LogP) is 2.86. The summed E-state index contributed by atoms with van der Waals surface area (Å²) in [5.41, 5.74) is 3.19. The Morgan fingerprint density at radius 3 is 2.36 bits per heavy atom. The fourth-order valence-electron chi connectivity index (χ4n) is 2.76. The number of carbonyl (C=O) groups is 1. The van der Waals surface area contributed by atoms with E-state index in [0.717, 1.165) is 16.8 Å². The summed E-state index contributed by atoms with van der Waals surface area (Å²) >= 11 is 0. The molecule has 25 heavy (non-hydrogen) atoms. The number of nitrogens with zero attached hydrogens (tertiary/aromatic N) is 5. The molecule has 0 saturated heterocycles. The monoisotopic (exact) mass is 331 g/mol. The van der Waals surface area contributed by atoms with Crippen LogP contribution in [0.25, 0.3) is 28.2 Å². The first-order chi connectivity index (χ1) is 12.1. The van der Waals surface area contributed by atoms with Gasteiger partial charge in [-0.15, -0.1) is 5.10 Å². The van der Waals surface area contributed by atoms with Crippen LogP contribution in [0.15, 0.2) is 55.1 Å². The van der Waals surface area contributed by atoms with Gasteiger partial charge >= 0.3 is 5.97 Å². The Bertz CT molecular complexity index is 1080. The van der Waals surface area contributed by atoms with Crippen molar-refractivity contribution in [2.75, 3.05) is 0 Å². The van der Waals surface area contributed by atoms with Gasteiger partial charge in [-0.3, -0.25) is 9.97 Å². The standard InChI is InChI=1S/C18H13N5O2/c1-11-8-14(12-4-2-6-19-9-12)15(18(24)25)17-21-16(22-23(11)17)13-5-3-7-20-10-13/h2-10H,1H3,(H,24,25). The lowest BCUT2D eigenvalue weighted by Gasteiger charge is -2.09. The molecule has 1 N–H and O–H groups in total. The zero-order valence-corrected chi connectivity index (χ0v) is 13.3. The van der Waals surface area contributed by atoms with Crippen molar-refractivity contribution < 1.29 is 9.90 Å². The largest absolute Gasteiger partial charge is 0.478 e. The normalized spacial score (nSPS) is 10.9. The number of aromatic nitrogens is 5. The average molecular weight is 331 g/mol. The first-order valence-electron chi connectivity index (χ1n) is 7.59. The van der Waals surface area contributed by atoms with E-state index in [9.17, 15) is 9.90 Å². The van der Waals surface area contributed by atoms with Crippen LogP contribution in [0, 0.1) is 6.92 Å². The second-order valence-corrected chi connectivity index (χ2v) is 5.53. The van der Waals surface area contributed by atoms with E-state index in [-0.39, 0.29) is 5.56 Å². The predicted molar refractivity (Wildman–Crippen MR) is 91.1 cm³/mol. The highest BCUT2D eigenvalue weighted by Gasteiger charge is 2.21. The van der Waals surface area contributed by atoms with Crippen molar-refractivity contribution in [3.8, 4) is 22.5 Å². The number of fused-ring (bicyclic) bond motifs is 1. The van der Waals surface area contributed by atoms with Gasteiger partial charge in [0.2, 0.25) is 0 Å². The molecule has 4 aromatic rings. The molecule has 0 aliphatic rings. The molecular weight excluding hydrogens is 318 g/mol. The van der Waals surface area contributed by atoms with Gasteiger partial charge in [0.25, 0.3) is 0 Å². The summed E-state index contributed by atoms with van der Waals surface area (Å²) in [6.07, 6.45) is 6.59. The van der Waals surface area contributed by atoms with Crippen molar-refractivity contribution in [3.05, 3.63) is 66.4 Å². The Labute approximate surface area is 142 Å². The molecule has 122 valence electrons. The van der Waals surface area contributed by atoms with E-state index in [0.29, 0.717) is 17.0 Å². The third kappa shape index (κ3) is 2.51. The summed E-state index contributed by atoms with van der Waals surface area (Å²) in [5, 5.41) is 14.2. The molecule has 0 aromatic carbocycles. The van der Waals surface area contributed by atoms with Gasteiger partial charge in [-0.1, -0.05) is 6.07 Å². The van der Waals surface area contributed by atoms with Crippen LogP contribution in [-0.2, 0) is 0 Å². The van der Waals surface area contributed by atoms with Crippen molar-refractivity contribution in [3.63, 3.8) is 0 Å². The molecule has 0 radical (unpaired) electrons. The number of hydrogen-bond acceptors (Lipinski definition) is 5. The van der Waals surface area contributed by atoms with Gasteiger partial charge in [0.05, 0.1) is 0 Å². The number of aromatic carboxylic acids is 1. The van der Waals surface area contributed by atoms with Gasteiger partial charge < -0.3 is 5.11 Å². The molecule has 0 fully saturated rings. The summed E-state index contributed by atoms with van der Waals surface area (Å²) in [4.78, 5) is 24.6. The van der Waals surface area contributed by atoms with Gasteiger partial charge in [-0.2, -0.15) is 0 Å². The molecule has 4 heterocycles. The number of rotatable bonds is 3. The zero-order chi connectivity index (χ0) is 17.4. The van der Waals surface area contributed by atoms with Crippen molar-refractivity contribution >= 4 is 11.6 Å². The molecule has 0 atom stereocenters. The quantitative estimate of drug-likeness (QED) is 0.620. The smallest absolute Gasteiger partial charge is 0.340 e. The van der Waals surface area contributed by atoms with E-state index < -0.39 is 5.97 Å². The molecule has 7 nitrogen and oxygen atoms in total. The third-order valence-corrected chi connectivity index (χ3v) is 3.89. The van der Waals surface area contributed by atoms with Crippen LogP contribution in [0.5, 0.6) is 0 Å². The maximum absolute atomic E-state index is 12.0. The number of carboxylic acid groups (broad SMARTS) is 1. The first-order valence-corrected chi connectivity index (χ1v) is 7.59. The number of carboxylic acids is 1. The lowest BCUT2D eigenvalue weighted by Crippen LogP contribution is -2.06. The lowest BCUT2D eigenvalue weighted by molar-refractivity contribution is 0.0699. The van der Waals surface area contributed by atoms with Crippen LogP contribution in [0.1, 0.15) is 16.1 Å². The van der Waals surface area contributed by atoms with E-state index in [2.05, 4.69) is 20.1 Å². The summed E-state index contributed by atoms with van der Waals surface area (Å²) in [6.45, 7) is 1.86. The van der Waals surface area contributed by atoms with Crippen molar-refractivity contribution in [1.82, 2.24) is 24.6 Å². The van der Waals surface area contributed by atoms with E-state index in [1.54, 1.807) is 47.5 Å². The molecule has 0 bridgehead atoms. The minimum Gasteiger partial charge on any atom is -0.478 e. The Kier molecular flexibility index (Phi) is 3.46. The molecule has 7 heteroatoms. The molecule has 0 aliphatic heterocycles. The van der Waals surface area contributed by atoms with Gasteiger partial charge in [0.1, 0.15) is 5.56 Å². The fourth-order valence-corrected chi connectivity index (χ4v) is 2.76. The van der Waals surface area contributed by atoms with Crippen LogP contribution in [0.4, 0.5) is 0 Å². The highest BCUT2D eigenvalue weighted by atomic mass is 16.4. The Morgan fingerprint density at radius 2 is 1.76 bits per heavy atom. The van der Waals surface area contributed by atoms with E-state index in [1.165, 1.54) is 0 Å². The van der Waals surface area contributed by atoms with Crippen LogP contribution in [0.2, 0.25) is 0 Å². The number of pyridine rings is 3. The molecule has 0 saturated carbocycles. The zero-order valence-electron chi connectivity index (χ0n) is 13.3. The molecule has 0 amide bonds. The first kappa shape index (κ1) is 14.9. The van der Waals surface area contributed by atoms with E-state index in [1.807, 2.05) is 19.1 Å². The fraction of sp³-hybridized carbons (Fsp3) is 0.0556. The average Bonchev–Trinajstić information content (AvgIpc) is 3.08. The number of hydrogen-bond donors (Lipinski definition) is 1. The second kappa shape index (κ2) is 5.79.